The van der Waals surface area contributed by atoms with Crippen molar-refractivity contribution >= 4 is 17.6 Å². The summed E-state index contributed by atoms with van der Waals surface area (Å²) in [5, 5.41) is 11.5. The van der Waals surface area contributed by atoms with Gasteiger partial charge in [0.1, 0.15) is 5.76 Å². The Morgan fingerprint density at radius 1 is 1.42 bits per heavy atom. The van der Waals surface area contributed by atoms with Crippen molar-refractivity contribution in [2.75, 3.05) is 5.32 Å². The average molecular weight is 260 g/mol. The van der Waals surface area contributed by atoms with E-state index >= 15 is 0 Å². The number of furan rings is 1. The Kier molecular flexibility index (Phi) is 3.61. The van der Waals surface area contributed by atoms with Crippen molar-refractivity contribution in [1.29, 1.82) is 0 Å². The van der Waals surface area contributed by atoms with Crippen molar-refractivity contribution in [2.45, 2.75) is 13.3 Å². The summed E-state index contributed by atoms with van der Waals surface area (Å²) in [4.78, 5) is 26.7. The molecular weight excluding hydrogens is 248 g/mol. The van der Waals surface area contributed by atoms with Gasteiger partial charge in [0.2, 0.25) is 0 Å². The Morgan fingerprint density at radius 2 is 2.21 bits per heavy atom. The van der Waals surface area contributed by atoms with Crippen LogP contribution in [0.25, 0.3) is 0 Å². The fourth-order valence-corrected chi connectivity index (χ4v) is 1.68. The Hall–Kier alpha value is -2.63. The van der Waals surface area contributed by atoms with Gasteiger partial charge in [0.05, 0.1) is 17.5 Å². The molecule has 0 spiro atoms. The zero-order valence-electron chi connectivity index (χ0n) is 10.2. The fraction of sp³-hybridized carbons (Fsp3) is 0.154. The number of nitrogens with zero attached hydrogens (tertiary/aromatic N) is 1. The molecule has 2 N–H and O–H groups in total. The molecule has 98 valence electrons. The van der Waals surface area contributed by atoms with Crippen molar-refractivity contribution in [3.63, 3.8) is 0 Å². The number of carboxylic acid groups (broad SMARTS) is 1. The van der Waals surface area contributed by atoms with Gasteiger partial charge in [0, 0.05) is 12.6 Å². The lowest BCUT2D eigenvalue weighted by atomic mass is 10.2. The molecule has 0 atom stereocenters. The van der Waals surface area contributed by atoms with E-state index in [9.17, 15) is 9.59 Å². The van der Waals surface area contributed by atoms with E-state index in [0.29, 0.717) is 17.7 Å². The summed E-state index contributed by atoms with van der Waals surface area (Å²) in [5.74, 6) is -1.06. The average Bonchev–Trinajstić information content (AvgIpc) is 2.87. The van der Waals surface area contributed by atoms with Crippen LogP contribution in [-0.2, 0) is 6.42 Å². The first-order valence-corrected chi connectivity index (χ1v) is 5.69. The topological polar surface area (TPSA) is 92.4 Å². The van der Waals surface area contributed by atoms with Crippen LogP contribution in [0, 0.1) is 0 Å². The molecule has 0 aliphatic heterocycles. The summed E-state index contributed by atoms with van der Waals surface area (Å²) >= 11 is 0. The van der Waals surface area contributed by atoms with E-state index in [1.165, 1.54) is 18.5 Å². The Balaban J connectivity index is 2.27. The van der Waals surface area contributed by atoms with Crippen LogP contribution in [0.5, 0.6) is 0 Å². The zero-order chi connectivity index (χ0) is 13.8. The lowest BCUT2D eigenvalue weighted by molar-refractivity contribution is 0.0692. The summed E-state index contributed by atoms with van der Waals surface area (Å²) in [7, 11) is 0. The normalized spacial score (nSPS) is 10.2. The van der Waals surface area contributed by atoms with Gasteiger partial charge in [-0.15, -0.1) is 0 Å². The first kappa shape index (κ1) is 12.8. The van der Waals surface area contributed by atoms with Crippen molar-refractivity contribution in [1.82, 2.24) is 4.98 Å². The van der Waals surface area contributed by atoms with Crippen molar-refractivity contribution in [3.8, 4) is 0 Å². The van der Waals surface area contributed by atoms with Crippen LogP contribution in [0.15, 0.2) is 35.1 Å². The van der Waals surface area contributed by atoms with Crippen LogP contribution in [-0.4, -0.2) is 22.0 Å². The van der Waals surface area contributed by atoms with Gasteiger partial charge in [-0.2, -0.15) is 0 Å². The van der Waals surface area contributed by atoms with Crippen LogP contribution in [0.1, 0.15) is 33.5 Å². The Morgan fingerprint density at radius 3 is 2.89 bits per heavy atom. The maximum Gasteiger partial charge on any atom is 0.356 e. The molecule has 6 nitrogen and oxygen atoms in total. The molecule has 0 aliphatic rings. The van der Waals surface area contributed by atoms with Gasteiger partial charge in [-0.25, -0.2) is 9.78 Å². The van der Waals surface area contributed by atoms with Gasteiger partial charge in [-0.05, 0) is 18.2 Å². The van der Waals surface area contributed by atoms with Crippen molar-refractivity contribution in [2.24, 2.45) is 0 Å². The molecule has 0 unspecified atom stereocenters. The molecule has 2 aromatic rings. The molecule has 0 saturated heterocycles. The second-order valence-corrected chi connectivity index (χ2v) is 3.77. The molecule has 0 saturated carbocycles. The number of anilines is 1. The molecule has 1 amide bonds. The molecule has 2 aromatic heterocycles. The van der Waals surface area contributed by atoms with Gasteiger partial charge < -0.3 is 14.8 Å². The Bertz CT molecular complexity index is 619. The number of aromatic nitrogens is 1. The highest BCUT2D eigenvalue weighted by Crippen LogP contribution is 2.16. The van der Waals surface area contributed by atoms with Gasteiger partial charge in [-0.3, -0.25) is 4.79 Å². The van der Waals surface area contributed by atoms with E-state index in [1.54, 1.807) is 12.1 Å². The van der Waals surface area contributed by atoms with E-state index in [1.807, 2.05) is 6.92 Å². The number of carboxylic acids is 1. The minimum Gasteiger partial charge on any atom is -0.476 e. The lowest BCUT2D eigenvalue weighted by Gasteiger charge is -2.07. The molecule has 6 heteroatoms. The number of rotatable bonds is 4. The SMILES string of the molecule is CCc1occc1C(=O)Nc1cccnc1C(=O)O. The molecule has 19 heavy (non-hydrogen) atoms. The van der Waals surface area contributed by atoms with E-state index in [-0.39, 0.29) is 11.4 Å². The Labute approximate surface area is 109 Å². The molecule has 0 aliphatic carbocycles. The van der Waals surface area contributed by atoms with Gasteiger partial charge >= 0.3 is 5.97 Å². The quantitative estimate of drug-likeness (QED) is 0.879. The summed E-state index contributed by atoms with van der Waals surface area (Å²) in [6.07, 6.45) is 3.36. The number of carbonyl (C=O) groups excluding carboxylic acids is 1. The fourth-order valence-electron chi connectivity index (χ4n) is 1.68. The third-order valence-corrected chi connectivity index (χ3v) is 2.57. The second-order valence-electron chi connectivity index (χ2n) is 3.77. The number of hydrogen-bond acceptors (Lipinski definition) is 4. The molecule has 0 radical (unpaired) electrons. The van der Waals surface area contributed by atoms with Crippen LogP contribution in [0.2, 0.25) is 0 Å². The molecule has 0 bridgehead atoms. The summed E-state index contributed by atoms with van der Waals surface area (Å²) < 4.78 is 5.16. The maximum absolute atomic E-state index is 12.0. The largest absolute Gasteiger partial charge is 0.476 e. The van der Waals surface area contributed by atoms with E-state index in [4.69, 9.17) is 9.52 Å². The number of aryl methyl sites for hydroxylation is 1. The number of nitrogens with one attached hydrogen (secondary N) is 1. The number of hydrogen-bond donors (Lipinski definition) is 2. The highest BCUT2D eigenvalue weighted by molar-refractivity contribution is 6.07. The first-order valence-electron chi connectivity index (χ1n) is 5.69. The predicted molar refractivity (Wildman–Crippen MR) is 67.2 cm³/mol. The third-order valence-electron chi connectivity index (χ3n) is 2.57. The molecule has 0 aromatic carbocycles. The van der Waals surface area contributed by atoms with Crippen molar-refractivity contribution < 1.29 is 19.1 Å². The zero-order valence-corrected chi connectivity index (χ0v) is 10.2. The minimum absolute atomic E-state index is 0.156. The summed E-state index contributed by atoms with van der Waals surface area (Å²) in [6, 6.07) is 4.59. The minimum atomic E-state index is -1.20. The number of amides is 1. The molecule has 2 heterocycles. The number of carbonyl (C=O) groups is 2. The first-order chi connectivity index (χ1) is 9.13. The number of aromatic carboxylic acids is 1. The van der Waals surface area contributed by atoms with Crippen LogP contribution in [0.4, 0.5) is 5.69 Å². The van der Waals surface area contributed by atoms with Crippen LogP contribution in [0.3, 0.4) is 0 Å². The van der Waals surface area contributed by atoms with Gasteiger partial charge in [0.25, 0.3) is 5.91 Å². The maximum atomic E-state index is 12.0. The lowest BCUT2D eigenvalue weighted by Crippen LogP contribution is -2.16. The third kappa shape index (κ3) is 2.62. The highest BCUT2D eigenvalue weighted by Gasteiger charge is 2.17. The predicted octanol–water partition coefficient (Wildman–Crippen LogP) is 2.19. The van der Waals surface area contributed by atoms with E-state index < -0.39 is 11.9 Å². The molecule has 2 rings (SSSR count). The standard InChI is InChI=1S/C13H12N2O4/c1-2-10-8(5-7-19-10)12(16)15-9-4-3-6-14-11(9)13(17)18/h3-7H,2H2,1H3,(H,15,16)(H,17,18). The summed E-state index contributed by atoms with van der Waals surface area (Å²) in [5.41, 5.74) is 0.350. The van der Waals surface area contributed by atoms with E-state index in [2.05, 4.69) is 10.3 Å². The summed E-state index contributed by atoms with van der Waals surface area (Å²) in [6.45, 7) is 1.86. The molecular formula is C13H12N2O4. The van der Waals surface area contributed by atoms with Gasteiger partial charge in [-0.1, -0.05) is 6.92 Å². The monoisotopic (exact) mass is 260 g/mol. The molecule has 0 fully saturated rings. The second kappa shape index (κ2) is 5.34. The van der Waals surface area contributed by atoms with Crippen molar-refractivity contribution in [3.05, 3.63) is 47.7 Å². The highest BCUT2D eigenvalue weighted by atomic mass is 16.4. The van der Waals surface area contributed by atoms with Crippen LogP contribution < -0.4 is 5.32 Å². The smallest absolute Gasteiger partial charge is 0.356 e. The number of pyridine rings is 1. The van der Waals surface area contributed by atoms with Crippen LogP contribution >= 0.6 is 0 Å². The van der Waals surface area contributed by atoms with E-state index in [0.717, 1.165) is 0 Å². The van der Waals surface area contributed by atoms with Gasteiger partial charge in [0.15, 0.2) is 5.69 Å².